The van der Waals surface area contributed by atoms with E-state index in [1.54, 1.807) is 37.2 Å². The summed E-state index contributed by atoms with van der Waals surface area (Å²) in [5.41, 5.74) is 2.65. The molecule has 2 amide bonds. The first-order valence-corrected chi connectivity index (χ1v) is 18.7. The lowest BCUT2D eigenvalue weighted by Gasteiger charge is -2.37. The maximum absolute atomic E-state index is 13.2. The SMILES string of the molecule is C#Cc1cccc2cc(O)cc(C3Cc4nc(OCC5(C(=O)N(C)C)CC5)nc(N5CCN(C(=O)/C=C/CN6CCC(CC)CC6)CC5)c4CO3)c12. The molecule has 11 nitrogen and oxygen atoms in total. The van der Waals surface area contributed by atoms with Crippen LogP contribution in [0.5, 0.6) is 11.8 Å². The summed E-state index contributed by atoms with van der Waals surface area (Å²) in [6, 6.07) is 9.37. The van der Waals surface area contributed by atoms with Crippen LogP contribution in [0.2, 0.25) is 0 Å². The maximum Gasteiger partial charge on any atom is 0.318 e. The van der Waals surface area contributed by atoms with Gasteiger partial charge in [0.25, 0.3) is 0 Å². The van der Waals surface area contributed by atoms with E-state index in [1.807, 2.05) is 29.2 Å². The smallest absolute Gasteiger partial charge is 0.318 e. The van der Waals surface area contributed by atoms with Crippen LogP contribution in [0.15, 0.2) is 42.5 Å². The Bertz CT molecular complexity index is 1880. The van der Waals surface area contributed by atoms with E-state index in [2.05, 4.69) is 22.6 Å². The van der Waals surface area contributed by atoms with Gasteiger partial charge in [0.05, 0.1) is 23.8 Å². The van der Waals surface area contributed by atoms with E-state index >= 15 is 0 Å². The number of anilines is 1. The molecule has 7 rings (SSSR count). The van der Waals surface area contributed by atoms with E-state index in [9.17, 15) is 14.7 Å². The number of carbonyl (C=O) groups excluding carboxylic acids is 2. The van der Waals surface area contributed by atoms with Crippen molar-refractivity contribution in [2.45, 2.75) is 58.2 Å². The Hall–Kier alpha value is -4.66. The second kappa shape index (κ2) is 15.1. The van der Waals surface area contributed by atoms with Crippen LogP contribution < -0.4 is 9.64 Å². The standard InChI is InChI=1S/C41H50N6O5/c1-5-28-12-17-45(18-13-28)16-8-11-36(49)46-19-21-47(22-20-46)38-33-26-51-35(32-24-31(48)23-30-10-7-9-29(6-2)37(30)32)25-34(33)42-40(43-38)52-27-41(14-15-41)39(50)44(3)4/h2,7-11,23-24,28,35,48H,5,12-22,25-27H2,1,3-4H3/b11-8+. The fourth-order valence-corrected chi connectivity index (χ4v) is 7.95. The van der Waals surface area contributed by atoms with Gasteiger partial charge in [0.1, 0.15) is 18.2 Å². The summed E-state index contributed by atoms with van der Waals surface area (Å²) in [6.07, 6.45) is 14.9. The molecular weight excluding hydrogens is 656 g/mol. The number of phenolic OH excluding ortho intramolecular Hbond substituents is 1. The molecule has 11 heteroatoms. The predicted molar refractivity (Wildman–Crippen MR) is 200 cm³/mol. The van der Waals surface area contributed by atoms with Crippen molar-refractivity contribution in [1.29, 1.82) is 0 Å². The summed E-state index contributed by atoms with van der Waals surface area (Å²) in [7, 11) is 3.53. The Morgan fingerprint density at radius 2 is 1.88 bits per heavy atom. The number of benzene rings is 2. The van der Waals surface area contributed by atoms with Crippen molar-refractivity contribution in [3.8, 4) is 24.1 Å². The number of rotatable bonds is 10. The van der Waals surface area contributed by atoms with Crippen molar-refractivity contribution in [3.63, 3.8) is 0 Å². The molecule has 4 heterocycles. The van der Waals surface area contributed by atoms with Gasteiger partial charge >= 0.3 is 6.01 Å². The number of terminal acetylenes is 1. The summed E-state index contributed by atoms with van der Waals surface area (Å²) < 4.78 is 12.8. The third-order valence-electron chi connectivity index (χ3n) is 11.3. The Morgan fingerprint density at radius 3 is 2.58 bits per heavy atom. The van der Waals surface area contributed by atoms with Crippen LogP contribution in [-0.4, -0.2) is 108 Å². The van der Waals surface area contributed by atoms with Crippen molar-refractivity contribution in [3.05, 3.63) is 64.9 Å². The third-order valence-corrected chi connectivity index (χ3v) is 11.3. The summed E-state index contributed by atoms with van der Waals surface area (Å²) in [5.74, 6) is 4.57. The molecule has 52 heavy (non-hydrogen) atoms. The molecule has 1 saturated carbocycles. The molecule has 4 aliphatic rings. The average Bonchev–Trinajstić information content (AvgIpc) is 3.96. The van der Waals surface area contributed by atoms with Gasteiger partial charge in [0.15, 0.2) is 0 Å². The second-order valence-corrected chi connectivity index (χ2v) is 15.0. The van der Waals surface area contributed by atoms with Gasteiger partial charge in [0.2, 0.25) is 11.8 Å². The summed E-state index contributed by atoms with van der Waals surface area (Å²) >= 11 is 0. The number of piperidine rings is 1. The van der Waals surface area contributed by atoms with Gasteiger partial charge in [-0.1, -0.05) is 37.5 Å². The monoisotopic (exact) mass is 706 g/mol. The van der Waals surface area contributed by atoms with Gasteiger partial charge in [-0.2, -0.15) is 9.97 Å². The minimum atomic E-state index is -0.549. The lowest BCUT2D eigenvalue weighted by Crippen LogP contribution is -2.49. The highest BCUT2D eigenvalue weighted by molar-refractivity contribution is 5.92. The van der Waals surface area contributed by atoms with Gasteiger partial charge < -0.3 is 29.3 Å². The number of aromatic hydroxyl groups is 1. The molecule has 1 aromatic heterocycles. The highest BCUT2D eigenvalue weighted by atomic mass is 16.5. The molecule has 0 radical (unpaired) electrons. The Balaban J connectivity index is 1.10. The van der Waals surface area contributed by atoms with E-state index in [-0.39, 0.29) is 36.8 Å². The molecule has 1 unspecified atom stereocenters. The zero-order valence-corrected chi connectivity index (χ0v) is 30.6. The van der Waals surface area contributed by atoms with E-state index in [4.69, 9.17) is 25.9 Å². The molecule has 1 aliphatic carbocycles. The van der Waals surface area contributed by atoms with E-state index < -0.39 is 11.5 Å². The number of nitrogens with zero attached hydrogens (tertiary/aromatic N) is 6. The van der Waals surface area contributed by atoms with Crippen molar-refractivity contribution < 1.29 is 24.2 Å². The average molecular weight is 707 g/mol. The number of amides is 2. The number of hydrogen-bond acceptors (Lipinski definition) is 9. The summed E-state index contributed by atoms with van der Waals surface area (Å²) in [6.45, 7) is 8.05. The number of ether oxygens (including phenoxy) is 2. The number of carbonyl (C=O) groups is 2. The zero-order chi connectivity index (χ0) is 36.4. The summed E-state index contributed by atoms with van der Waals surface area (Å²) in [4.78, 5) is 44.1. The Labute approximate surface area is 306 Å². The number of hydrogen-bond donors (Lipinski definition) is 1. The highest BCUT2D eigenvalue weighted by Gasteiger charge is 2.51. The number of fused-ring (bicyclic) bond motifs is 2. The van der Waals surface area contributed by atoms with Gasteiger partial charge in [-0.3, -0.25) is 14.5 Å². The first-order chi connectivity index (χ1) is 25.2. The van der Waals surface area contributed by atoms with Crippen molar-refractivity contribution in [2.24, 2.45) is 11.3 Å². The molecule has 2 saturated heterocycles. The van der Waals surface area contributed by atoms with Crippen LogP contribution in [0.4, 0.5) is 5.82 Å². The van der Waals surface area contributed by atoms with Crippen LogP contribution >= 0.6 is 0 Å². The largest absolute Gasteiger partial charge is 0.508 e. The molecule has 274 valence electrons. The van der Waals surface area contributed by atoms with Crippen LogP contribution in [0.25, 0.3) is 10.8 Å². The molecular formula is C41H50N6O5. The van der Waals surface area contributed by atoms with Crippen LogP contribution in [0.3, 0.4) is 0 Å². The lowest BCUT2D eigenvalue weighted by atomic mass is 9.92. The minimum absolute atomic E-state index is 0.0352. The molecule has 3 aliphatic heterocycles. The van der Waals surface area contributed by atoms with Crippen LogP contribution in [0, 0.1) is 23.7 Å². The first-order valence-electron chi connectivity index (χ1n) is 18.7. The normalized spacial score (nSPS) is 20.5. The number of aromatic nitrogens is 2. The van der Waals surface area contributed by atoms with E-state index in [0.717, 1.165) is 77.4 Å². The number of piperazine rings is 1. The minimum Gasteiger partial charge on any atom is -0.508 e. The number of likely N-dealkylation sites (tertiary alicyclic amines) is 1. The topological polar surface area (TPSA) is 112 Å². The lowest BCUT2D eigenvalue weighted by molar-refractivity contribution is -0.135. The van der Waals surface area contributed by atoms with Crippen molar-refractivity contribution in [2.75, 3.05) is 71.4 Å². The third kappa shape index (κ3) is 7.46. The number of phenols is 1. The molecule has 1 atom stereocenters. The molecule has 0 bridgehead atoms. The Kier molecular flexibility index (Phi) is 10.4. The fraction of sp³-hybridized carbons (Fsp3) is 0.512. The fourth-order valence-electron chi connectivity index (χ4n) is 7.95. The first kappa shape index (κ1) is 35.7. The van der Waals surface area contributed by atoms with E-state index in [1.165, 1.54) is 19.3 Å². The van der Waals surface area contributed by atoms with E-state index in [0.29, 0.717) is 32.6 Å². The van der Waals surface area contributed by atoms with Crippen molar-refractivity contribution in [1.82, 2.24) is 24.7 Å². The quantitative estimate of drug-likeness (QED) is 0.237. The highest BCUT2D eigenvalue weighted by Crippen LogP contribution is 2.47. The molecule has 1 N–H and O–H groups in total. The molecule has 2 aromatic carbocycles. The zero-order valence-electron chi connectivity index (χ0n) is 30.6. The van der Waals surface area contributed by atoms with Crippen molar-refractivity contribution >= 4 is 28.4 Å². The van der Waals surface area contributed by atoms with Crippen LogP contribution in [-0.2, 0) is 27.4 Å². The summed E-state index contributed by atoms with van der Waals surface area (Å²) in [5, 5.41) is 12.4. The second-order valence-electron chi connectivity index (χ2n) is 15.0. The van der Waals surface area contributed by atoms with Gasteiger partial charge in [0, 0.05) is 75.8 Å². The Morgan fingerprint density at radius 1 is 1.12 bits per heavy atom. The molecule has 0 spiro atoms. The van der Waals surface area contributed by atoms with Gasteiger partial charge in [-0.05, 0) is 73.8 Å². The maximum atomic E-state index is 13.2. The molecule has 3 aromatic rings. The van der Waals surface area contributed by atoms with Gasteiger partial charge in [-0.15, -0.1) is 6.42 Å². The predicted octanol–water partition coefficient (Wildman–Crippen LogP) is 4.70. The van der Waals surface area contributed by atoms with Gasteiger partial charge in [-0.25, -0.2) is 0 Å². The molecule has 3 fully saturated rings. The van der Waals surface area contributed by atoms with Crippen LogP contribution in [0.1, 0.15) is 67.5 Å².